The van der Waals surface area contributed by atoms with E-state index in [2.05, 4.69) is 57.0 Å². The van der Waals surface area contributed by atoms with Crippen molar-refractivity contribution in [3.63, 3.8) is 0 Å². The predicted molar refractivity (Wildman–Crippen MR) is 106 cm³/mol. The third kappa shape index (κ3) is 4.15. The Labute approximate surface area is 153 Å². The maximum Gasteiger partial charge on any atom is 0.191 e. The molecule has 25 heavy (non-hydrogen) atoms. The molecule has 3 rings (SSSR count). The number of aliphatic imine (C=N–C) groups is 1. The molecule has 1 saturated heterocycles. The fraction of sp³-hybridized carbons (Fsp3) is 0.556. The van der Waals surface area contributed by atoms with E-state index in [0.717, 1.165) is 44.1 Å². The molecule has 0 atom stereocenters. The minimum atomic E-state index is 0.471. The van der Waals surface area contributed by atoms with Crippen molar-refractivity contribution in [2.45, 2.75) is 39.3 Å². The van der Waals surface area contributed by atoms with Crippen molar-refractivity contribution in [3.8, 4) is 0 Å². The molecule has 3 heterocycles. The van der Waals surface area contributed by atoms with Crippen LogP contribution in [0.5, 0.6) is 0 Å². The first-order valence-electron chi connectivity index (χ1n) is 8.83. The number of rotatable bonds is 4. The van der Waals surface area contributed by atoms with Gasteiger partial charge in [0, 0.05) is 51.0 Å². The highest BCUT2D eigenvalue weighted by Gasteiger charge is 2.21. The minimum absolute atomic E-state index is 0.471. The largest absolute Gasteiger partial charge is 0.363 e. The molecule has 1 aliphatic rings. The lowest BCUT2D eigenvalue weighted by Gasteiger charge is -2.33. The second-order valence-corrected chi connectivity index (χ2v) is 7.48. The van der Waals surface area contributed by atoms with Gasteiger partial charge >= 0.3 is 0 Å². The van der Waals surface area contributed by atoms with Crippen molar-refractivity contribution in [3.05, 3.63) is 34.5 Å². The quantitative estimate of drug-likeness (QED) is 0.649. The second kappa shape index (κ2) is 7.91. The van der Waals surface area contributed by atoms with Crippen LogP contribution in [-0.2, 0) is 13.6 Å². The van der Waals surface area contributed by atoms with E-state index in [4.69, 9.17) is 0 Å². The number of piperidine rings is 1. The van der Waals surface area contributed by atoms with Crippen LogP contribution in [0.15, 0.2) is 22.5 Å². The molecule has 0 spiro atoms. The first-order chi connectivity index (χ1) is 12.1. The molecule has 0 unspecified atom stereocenters. The molecule has 0 bridgehead atoms. The summed E-state index contributed by atoms with van der Waals surface area (Å²) in [5.74, 6) is 0.872. The Kier molecular flexibility index (Phi) is 5.63. The molecule has 1 aliphatic heterocycles. The number of anilines is 1. The summed E-state index contributed by atoms with van der Waals surface area (Å²) < 4.78 is 1.93. The Morgan fingerprint density at radius 1 is 1.36 bits per heavy atom. The summed E-state index contributed by atoms with van der Waals surface area (Å²) in [6, 6.07) is 4.80. The van der Waals surface area contributed by atoms with Crippen LogP contribution < -0.4 is 15.5 Å². The number of aromatic nitrogens is 2. The number of thiophene rings is 1. The fourth-order valence-corrected chi connectivity index (χ4v) is 4.11. The van der Waals surface area contributed by atoms with Gasteiger partial charge in [-0.3, -0.25) is 9.67 Å². The lowest BCUT2D eigenvalue weighted by molar-refractivity contribution is 0.462. The van der Waals surface area contributed by atoms with Gasteiger partial charge in [-0.1, -0.05) is 0 Å². The highest BCUT2D eigenvalue weighted by Crippen LogP contribution is 2.24. The van der Waals surface area contributed by atoms with Gasteiger partial charge in [0.15, 0.2) is 5.96 Å². The number of nitrogens with one attached hydrogen (secondary N) is 2. The third-order valence-corrected chi connectivity index (χ3v) is 5.90. The summed E-state index contributed by atoms with van der Waals surface area (Å²) in [5, 5.41) is 15.0. The summed E-state index contributed by atoms with van der Waals surface area (Å²) in [5.41, 5.74) is 3.52. The van der Waals surface area contributed by atoms with E-state index in [0.29, 0.717) is 6.04 Å². The average molecular weight is 361 g/mol. The van der Waals surface area contributed by atoms with Crippen LogP contribution in [0.1, 0.15) is 29.8 Å². The molecule has 136 valence electrons. The van der Waals surface area contributed by atoms with E-state index in [9.17, 15) is 0 Å². The number of guanidine groups is 1. The zero-order valence-corrected chi connectivity index (χ0v) is 16.4. The Morgan fingerprint density at radius 3 is 2.68 bits per heavy atom. The molecular weight excluding hydrogens is 332 g/mol. The fourth-order valence-electron chi connectivity index (χ4n) is 3.33. The summed E-state index contributed by atoms with van der Waals surface area (Å²) in [7, 11) is 3.82. The lowest BCUT2D eigenvalue weighted by Crippen LogP contribution is -2.48. The van der Waals surface area contributed by atoms with Crippen molar-refractivity contribution in [1.82, 2.24) is 20.4 Å². The van der Waals surface area contributed by atoms with Gasteiger partial charge < -0.3 is 15.5 Å². The van der Waals surface area contributed by atoms with E-state index in [1.807, 2.05) is 30.1 Å². The number of hydrogen-bond acceptors (Lipinski definition) is 4. The number of nitrogens with zero attached hydrogens (tertiary/aromatic N) is 4. The van der Waals surface area contributed by atoms with Crippen LogP contribution >= 0.6 is 11.3 Å². The van der Waals surface area contributed by atoms with E-state index in [1.54, 1.807) is 0 Å². The van der Waals surface area contributed by atoms with Crippen LogP contribution in [0.25, 0.3) is 0 Å². The average Bonchev–Trinajstić information content (AvgIpc) is 3.22. The zero-order valence-electron chi connectivity index (χ0n) is 15.5. The van der Waals surface area contributed by atoms with Crippen molar-refractivity contribution in [1.29, 1.82) is 0 Å². The van der Waals surface area contributed by atoms with Gasteiger partial charge in [-0.2, -0.15) is 5.10 Å². The van der Waals surface area contributed by atoms with E-state index in [-0.39, 0.29) is 0 Å². The molecule has 7 heteroatoms. The molecule has 2 aromatic heterocycles. The summed E-state index contributed by atoms with van der Waals surface area (Å²) >= 11 is 1.82. The van der Waals surface area contributed by atoms with E-state index >= 15 is 0 Å². The summed E-state index contributed by atoms with van der Waals surface area (Å²) in [4.78, 5) is 6.86. The Hall–Kier alpha value is -2.02. The monoisotopic (exact) mass is 360 g/mol. The van der Waals surface area contributed by atoms with E-state index < -0.39 is 0 Å². The Bertz CT molecular complexity index is 710. The maximum atomic E-state index is 4.47. The molecule has 0 aliphatic carbocycles. The zero-order chi connectivity index (χ0) is 17.8. The molecule has 2 aromatic rings. The summed E-state index contributed by atoms with van der Waals surface area (Å²) in [6.45, 7) is 7.10. The third-order valence-electron chi connectivity index (χ3n) is 4.97. The van der Waals surface area contributed by atoms with Crippen molar-refractivity contribution >= 4 is 22.3 Å². The minimum Gasteiger partial charge on any atom is -0.363 e. The first-order valence-corrected chi connectivity index (χ1v) is 9.71. The van der Waals surface area contributed by atoms with Gasteiger partial charge in [-0.25, -0.2) is 0 Å². The van der Waals surface area contributed by atoms with Gasteiger partial charge in [0.2, 0.25) is 0 Å². The Morgan fingerprint density at radius 2 is 2.12 bits per heavy atom. The highest BCUT2D eigenvalue weighted by molar-refractivity contribution is 7.14. The Balaban J connectivity index is 1.50. The van der Waals surface area contributed by atoms with Crippen LogP contribution in [0, 0.1) is 13.8 Å². The standard InChI is InChI=1S/C18H28N6S/c1-13-16(14(2)23(4)22-13)12-20-18(19-3)21-15-7-9-24(10-8-15)17-6-5-11-25-17/h5-6,11,15H,7-10,12H2,1-4H3,(H2,19,20,21). The van der Waals surface area contributed by atoms with Crippen molar-refractivity contribution in [2.24, 2.45) is 12.0 Å². The first kappa shape index (κ1) is 17.8. The topological polar surface area (TPSA) is 57.5 Å². The maximum absolute atomic E-state index is 4.47. The second-order valence-electron chi connectivity index (χ2n) is 6.56. The normalized spacial score (nSPS) is 16.3. The van der Waals surface area contributed by atoms with Gasteiger partial charge in [0.05, 0.1) is 10.7 Å². The van der Waals surface area contributed by atoms with Gasteiger partial charge in [-0.15, -0.1) is 11.3 Å². The molecule has 6 nitrogen and oxygen atoms in total. The van der Waals surface area contributed by atoms with Crippen molar-refractivity contribution < 1.29 is 0 Å². The van der Waals surface area contributed by atoms with Gasteiger partial charge in [-0.05, 0) is 44.2 Å². The molecule has 0 amide bonds. The van der Waals surface area contributed by atoms with E-state index in [1.165, 1.54) is 16.3 Å². The van der Waals surface area contributed by atoms with Crippen LogP contribution in [0.2, 0.25) is 0 Å². The molecular formula is C18H28N6S. The smallest absolute Gasteiger partial charge is 0.191 e. The molecule has 0 saturated carbocycles. The predicted octanol–water partition coefficient (Wildman–Crippen LogP) is 2.43. The molecule has 0 radical (unpaired) electrons. The highest BCUT2D eigenvalue weighted by atomic mass is 32.1. The molecule has 1 fully saturated rings. The lowest BCUT2D eigenvalue weighted by atomic mass is 10.1. The SMILES string of the molecule is CN=C(NCc1c(C)nn(C)c1C)NC1CCN(c2cccs2)CC1. The molecule has 0 aromatic carbocycles. The van der Waals surface area contributed by atoms with Crippen LogP contribution in [0.3, 0.4) is 0 Å². The van der Waals surface area contributed by atoms with Crippen LogP contribution in [0.4, 0.5) is 5.00 Å². The summed E-state index contributed by atoms with van der Waals surface area (Å²) in [6.07, 6.45) is 2.26. The number of aryl methyl sites for hydroxylation is 2. The van der Waals surface area contributed by atoms with Gasteiger partial charge in [0.25, 0.3) is 0 Å². The number of hydrogen-bond donors (Lipinski definition) is 2. The van der Waals surface area contributed by atoms with Crippen LogP contribution in [-0.4, -0.2) is 41.9 Å². The van der Waals surface area contributed by atoms with Crippen molar-refractivity contribution in [2.75, 3.05) is 25.0 Å². The molecule has 2 N–H and O–H groups in total. The van der Waals surface area contributed by atoms with Gasteiger partial charge in [0.1, 0.15) is 0 Å².